The average molecular weight is 605 g/mol. The first kappa shape index (κ1) is 30.1. The Kier molecular flexibility index (Phi) is 8.70. The molecule has 3 N–H and O–H groups in total. The van der Waals surface area contributed by atoms with Crippen molar-refractivity contribution in [3.05, 3.63) is 47.2 Å². The summed E-state index contributed by atoms with van der Waals surface area (Å²) in [6, 6.07) is 6.52. The lowest BCUT2D eigenvalue weighted by Crippen LogP contribution is -2.36. The topological polar surface area (TPSA) is 128 Å². The number of aryl methyl sites for hydroxylation is 1. The zero-order chi connectivity index (χ0) is 30.1. The molecule has 3 aliphatic rings. The van der Waals surface area contributed by atoms with Gasteiger partial charge < -0.3 is 20.2 Å². The van der Waals surface area contributed by atoms with Gasteiger partial charge >= 0.3 is 0 Å². The number of benzene rings is 1. The maximum absolute atomic E-state index is 13.6. The third kappa shape index (κ3) is 7.17. The summed E-state index contributed by atoms with van der Waals surface area (Å²) in [4.78, 5) is 26.6. The van der Waals surface area contributed by atoms with Gasteiger partial charge in [0.15, 0.2) is 0 Å². The number of rotatable bonds is 9. The fourth-order valence-corrected chi connectivity index (χ4v) is 7.13. The molecular formula is C29H38F2N6O4S. The van der Waals surface area contributed by atoms with Crippen molar-refractivity contribution in [3.8, 4) is 0 Å². The minimum absolute atomic E-state index is 0.152. The Morgan fingerprint density at radius 1 is 1.05 bits per heavy atom. The number of piperidine rings is 2. The number of aromatic nitrogens is 2. The van der Waals surface area contributed by atoms with Crippen molar-refractivity contribution in [2.45, 2.75) is 52.4 Å². The van der Waals surface area contributed by atoms with Crippen LogP contribution >= 0.6 is 0 Å². The molecule has 1 aromatic carbocycles. The van der Waals surface area contributed by atoms with Gasteiger partial charge in [0.2, 0.25) is 16.0 Å². The highest BCUT2D eigenvalue weighted by Crippen LogP contribution is 2.54. The number of aliphatic hydroxyl groups is 1. The Morgan fingerprint density at radius 3 is 2.36 bits per heavy atom. The molecule has 228 valence electrons. The van der Waals surface area contributed by atoms with Crippen LogP contribution in [0.3, 0.4) is 0 Å². The van der Waals surface area contributed by atoms with Crippen LogP contribution in [0.25, 0.3) is 0 Å². The number of sulfonamides is 1. The molecule has 0 radical (unpaired) electrons. The van der Waals surface area contributed by atoms with Gasteiger partial charge in [0, 0.05) is 44.5 Å². The number of halogens is 2. The summed E-state index contributed by atoms with van der Waals surface area (Å²) in [7, 11) is -3.71. The molecule has 5 rings (SSSR count). The summed E-state index contributed by atoms with van der Waals surface area (Å²) in [6.07, 6.45) is 3.33. The molecule has 1 spiro atoms. The van der Waals surface area contributed by atoms with Gasteiger partial charge in [-0.25, -0.2) is 13.4 Å². The van der Waals surface area contributed by atoms with E-state index in [1.165, 1.54) is 12.8 Å². The Labute approximate surface area is 245 Å². The van der Waals surface area contributed by atoms with Gasteiger partial charge in [0.25, 0.3) is 12.0 Å². The summed E-state index contributed by atoms with van der Waals surface area (Å²) in [5, 5.41) is 12.2. The fraction of sp³-hybridized carbons (Fsp3) is 0.552. The quantitative estimate of drug-likeness (QED) is 0.381. The second-order valence-electron chi connectivity index (χ2n) is 11.9. The number of nitrogens with one attached hydrogen (secondary N) is 2. The van der Waals surface area contributed by atoms with E-state index in [0.29, 0.717) is 52.9 Å². The van der Waals surface area contributed by atoms with E-state index in [4.69, 9.17) is 0 Å². The zero-order valence-electron chi connectivity index (χ0n) is 24.0. The SMILES string of the molecule is Cc1cc(NC(=O)c2ccc(NS(=O)(=O)C[C@@H](C)CO)cc2N2CCC3(CC2)CC3)nc(N2CCC(=C(F)F)CC2)n1. The number of carbonyl (C=O) groups excluding carboxylic acids is 1. The van der Waals surface area contributed by atoms with E-state index in [1.807, 2.05) is 4.90 Å². The molecule has 42 heavy (non-hydrogen) atoms. The van der Waals surface area contributed by atoms with E-state index < -0.39 is 27.9 Å². The van der Waals surface area contributed by atoms with E-state index in [0.717, 1.165) is 25.9 Å². The number of anilines is 4. The summed E-state index contributed by atoms with van der Waals surface area (Å²) in [5.74, 6) is -0.368. The minimum atomic E-state index is -3.71. The van der Waals surface area contributed by atoms with Crippen LogP contribution in [-0.2, 0) is 10.0 Å². The molecule has 2 saturated heterocycles. The van der Waals surface area contributed by atoms with E-state index in [9.17, 15) is 27.1 Å². The van der Waals surface area contributed by atoms with Crippen LogP contribution in [0.2, 0.25) is 0 Å². The highest BCUT2D eigenvalue weighted by molar-refractivity contribution is 7.92. The predicted octanol–water partition coefficient (Wildman–Crippen LogP) is 4.54. The van der Waals surface area contributed by atoms with Crippen molar-refractivity contribution < 1.29 is 27.1 Å². The van der Waals surface area contributed by atoms with Crippen LogP contribution < -0.4 is 19.8 Å². The standard InChI is InChI=1S/C29H38F2N6O4S/c1-19(17-38)18-42(40,41)35-22-3-4-23(24(16-22)36-13-9-29(7-8-29)10-14-36)27(39)33-25-15-20(2)32-28(34-25)37-11-5-21(6-12-37)26(30)31/h3-4,15-16,19,35,38H,5-14,17-18H2,1-2H3,(H,32,33,34,39)/t19-/m0/s1. The summed E-state index contributed by atoms with van der Waals surface area (Å²) in [6.45, 7) is 5.44. The number of hydrogen-bond acceptors (Lipinski definition) is 8. The second-order valence-corrected chi connectivity index (χ2v) is 13.7. The van der Waals surface area contributed by atoms with Crippen molar-refractivity contribution in [2.75, 3.05) is 58.4 Å². The number of aliphatic hydroxyl groups excluding tert-OH is 1. The fourth-order valence-electron chi connectivity index (χ4n) is 5.70. The highest BCUT2D eigenvalue weighted by Gasteiger charge is 2.44. The molecule has 0 unspecified atom stereocenters. The molecule has 1 amide bonds. The van der Waals surface area contributed by atoms with Crippen LogP contribution in [0.15, 0.2) is 35.9 Å². The maximum atomic E-state index is 13.6. The normalized spacial score (nSPS) is 19.0. The molecule has 2 aliphatic heterocycles. The maximum Gasteiger partial charge on any atom is 0.269 e. The number of hydrogen-bond donors (Lipinski definition) is 3. The molecule has 1 saturated carbocycles. The van der Waals surface area contributed by atoms with Crippen LogP contribution in [0.1, 0.15) is 61.5 Å². The van der Waals surface area contributed by atoms with Crippen LogP contribution in [0.5, 0.6) is 0 Å². The van der Waals surface area contributed by atoms with E-state index in [2.05, 4.69) is 24.9 Å². The largest absolute Gasteiger partial charge is 0.396 e. The van der Waals surface area contributed by atoms with Crippen LogP contribution in [0, 0.1) is 18.3 Å². The second kappa shape index (κ2) is 12.1. The average Bonchev–Trinajstić information content (AvgIpc) is 3.71. The Morgan fingerprint density at radius 2 is 1.74 bits per heavy atom. The van der Waals surface area contributed by atoms with Gasteiger partial charge in [-0.3, -0.25) is 9.52 Å². The van der Waals surface area contributed by atoms with Crippen molar-refractivity contribution in [2.24, 2.45) is 11.3 Å². The van der Waals surface area contributed by atoms with Crippen molar-refractivity contribution >= 4 is 39.1 Å². The molecule has 1 aliphatic carbocycles. The van der Waals surface area contributed by atoms with Crippen molar-refractivity contribution in [1.29, 1.82) is 0 Å². The van der Waals surface area contributed by atoms with Gasteiger partial charge in [-0.05, 0) is 80.6 Å². The molecule has 3 heterocycles. The Bertz CT molecular complexity index is 1460. The van der Waals surface area contributed by atoms with Gasteiger partial charge in [0.05, 0.1) is 22.7 Å². The third-order valence-electron chi connectivity index (χ3n) is 8.45. The van der Waals surface area contributed by atoms with Crippen molar-refractivity contribution in [3.63, 3.8) is 0 Å². The van der Waals surface area contributed by atoms with E-state index in [-0.39, 0.29) is 30.8 Å². The molecule has 2 aromatic rings. The highest BCUT2D eigenvalue weighted by atomic mass is 32.2. The molecule has 10 nitrogen and oxygen atoms in total. The summed E-state index contributed by atoms with van der Waals surface area (Å²) < 4.78 is 54.0. The first-order valence-corrected chi connectivity index (χ1v) is 16.1. The van der Waals surface area contributed by atoms with E-state index >= 15 is 0 Å². The van der Waals surface area contributed by atoms with Gasteiger partial charge in [0.1, 0.15) is 5.82 Å². The lowest BCUT2D eigenvalue weighted by atomic mass is 9.93. The Balaban J connectivity index is 1.37. The minimum Gasteiger partial charge on any atom is -0.396 e. The van der Waals surface area contributed by atoms with Crippen LogP contribution in [-0.4, -0.2) is 67.9 Å². The van der Waals surface area contributed by atoms with Gasteiger partial charge in [-0.15, -0.1) is 0 Å². The molecule has 13 heteroatoms. The summed E-state index contributed by atoms with van der Waals surface area (Å²) in [5.41, 5.74) is 2.56. The van der Waals surface area contributed by atoms with Crippen molar-refractivity contribution in [1.82, 2.24) is 9.97 Å². The zero-order valence-corrected chi connectivity index (χ0v) is 24.8. The molecule has 0 bridgehead atoms. The number of carbonyl (C=O) groups is 1. The number of nitrogens with zero attached hydrogens (tertiary/aromatic N) is 4. The lowest BCUT2D eigenvalue weighted by Gasteiger charge is -2.35. The van der Waals surface area contributed by atoms with Gasteiger partial charge in [-0.2, -0.15) is 13.8 Å². The monoisotopic (exact) mass is 604 g/mol. The Hall–Kier alpha value is -3.32. The molecule has 1 aromatic heterocycles. The lowest BCUT2D eigenvalue weighted by molar-refractivity contribution is 0.102. The predicted molar refractivity (Wildman–Crippen MR) is 159 cm³/mol. The number of amides is 1. The first-order valence-electron chi connectivity index (χ1n) is 14.4. The molecule has 3 fully saturated rings. The third-order valence-corrected chi connectivity index (χ3v) is 10.0. The van der Waals surface area contributed by atoms with E-state index in [1.54, 1.807) is 38.1 Å². The molecule has 1 atom stereocenters. The van der Waals surface area contributed by atoms with Crippen LogP contribution in [0.4, 0.5) is 31.9 Å². The molecular weight excluding hydrogens is 566 g/mol. The van der Waals surface area contributed by atoms with Gasteiger partial charge in [-0.1, -0.05) is 6.92 Å². The summed E-state index contributed by atoms with van der Waals surface area (Å²) >= 11 is 0. The first-order chi connectivity index (χ1) is 20.0. The smallest absolute Gasteiger partial charge is 0.269 e.